The van der Waals surface area contributed by atoms with Gasteiger partial charge in [0.25, 0.3) is 0 Å². The summed E-state index contributed by atoms with van der Waals surface area (Å²) < 4.78 is 11.5. The number of ether oxygens (including phenoxy) is 2. The molecule has 1 saturated carbocycles. The van der Waals surface area contributed by atoms with Gasteiger partial charge in [-0.1, -0.05) is 12.1 Å². The highest BCUT2D eigenvalue weighted by atomic mass is 16.5. The second kappa shape index (κ2) is 6.92. The van der Waals surface area contributed by atoms with Crippen molar-refractivity contribution < 1.29 is 9.47 Å². The van der Waals surface area contributed by atoms with Gasteiger partial charge in [0.05, 0.1) is 6.10 Å². The number of nitrogens with two attached hydrogens (primary N) is 1. The Bertz CT molecular complexity index is 392. The standard InChI is InChI=1S/C16H25NO2/c1-12(17)9-13-5-3-7-15(10-13)19-16-8-4-6-14(11-16)18-2/h3,5,7,10,12,14,16H,4,6,8-9,11,17H2,1-2H3. The molecule has 1 aromatic carbocycles. The van der Waals surface area contributed by atoms with Crippen LogP contribution in [0.3, 0.4) is 0 Å². The summed E-state index contributed by atoms with van der Waals surface area (Å²) in [5, 5.41) is 0. The van der Waals surface area contributed by atoms with Crippen LogP contribution >= 0.6 is 0 Å². The van der Waals surface area contributed by atoms with Crippen molar-refractivity contribution in [2.75, 3.05) is 7.11 Å². The Balaban J connectivity index is 1.94. The Labute approximate surface area is 116 Å². The summed E-state index contributed by atoms with van der Waals surface area (Å²) in [5.74, 6) is 0.958. The number of hydrogen-bond acceptors (Lipinski definition) is 3. The van der Waals surface area contributed by atoms with E-state index in [1.165, 1.54) is 12.0 Å². The molecule has 0 radical (unpaired) electrons. The van der Waals surface area contributed by atoms with Gasteiger partial charge in [-0.3, -0.25) is 0 Å². The third kappa shape index (κ3) is 4.51. The van der Waals surface area contributed by atoms with Crippen LogP contribution in [0.25, 0.3) is 0 Å². The van der Waals surface area contributed by atoms with Gasteiger partial charge in [0.2, 0.25) is 0 Å². The number of hydrogen-bond donors (Lipinski definition) is 1. The third-order valence-corrected chi connectivity index (χ3v) is 3.67. The van der Waals surface area contributed by atoms with E-state index in [1.54, 1.807) is 7.11 Å². The second-order valence-corrected chi connectivity index (χ2v) is 5.59. The van der Waals surface area contributed by atoms with Crippen LogP contribution in [-0.2, 0) is 11.2 Å². The highest BCUT2D eigenvalue weighted by Crippen LogP contribution is 2.25. The molecular weight excluding hydrogens is 238 g/mol. The van der Waals surface area contributed by atoms with Crippen molar-refractivity contribution >= 4 is 0 Å². The fourth-order valence-corrected chi connectivity index (χ4v) is 2.73. The normalized spacial score (nSPS) is 25.0. The molecule has 3 unspecified atom stereocenters. The zero-order valence-electron chi connectivity index (χ0n) is 12.0. The monoisotopic (exact) mass is 263 g/mol. The maximum absolute atomic E-state index is 6.09. The van der Waals surface area contributed by atoms with Gasteiger partial charge >= 0.3 is 0 Å². The Hall–Kier alpha value is -1.06. The fraction of sp³-hybridized carbons (Fsp3) is 0.625. The van der Waals surface area contributed by atoms with Crippen molar-refractivity contribution in [3.63, 3.8) is 0 Å². The molecule has 0 aliphatic heterocycles. The molecule has 0 heterocycles. The topological polar surface area (TPSA) is 44.5 Å². The molecule has 1 aliphatic rings. The van der Waals surface area contributed by atoms with E-state index in [0.29, 0.717) is 6.10 Å². The van der Waals surface area contributed by atoms with Crippen LogP contribution in [0.1, 0.15) is 38.2 Å². The predicted octanol–water partition coefficient (Wildman–Crippen LogP) is 2.91. The summed E-state index contributed by atoms with van der Waals surface area (Å²) in [6.45, 7) is 2.03. The molecular formula is C16H25NO2. The predicted molar refractivity (Wildman–Crippen MR) is 77.5 cm³/mol. The van der Waals surface area contributed by atoms with Crippen LogP contribution in [-0.4, -0.2) is 25.4 Å². The van der Waals surface area contributed by atoms with Crippen molar-refractivity contribution in [3.8, 4) is 5.75 Å². The molecule has 3 atom stereocenters. The first-order valence-electron chi connectivity index (χ1n) is 7.21. The molecule has 19 heavy (non-hydrogen) atoms. The number of benzene rings is 1. The smallest absolute Gasteiger partial charge is 0.119 e. The minimum atomic E-state index is 0.183. The van der Waals surface area contributed by atoms with E-state index in [9.17, 15) is 0 Å². The summed E-state index contributed by atoms with van der Waals surface area (Å²) in [4.78, 5) is 0. The lowest BCUT2D eigenvalue weighted by Crippen LogP contribution is -2.29. The lowest BCUT2D eigenvalue weighted by molar-refractivity contribution is 0.0209. The van der Waals surface area contributed by atoms with Gasteiger partial charge < -0.3 is 15.2 Å². The molecule has 3 heteroatoms. The molecule has 3 nitrogen and oxygen atoms in total. The average Bonchev–Trinajstić information content (AvgIpc) is 2.38. The largest absolute Gasteiger partial charge is 0.490 e. The van der Waals surface area contributed by atoms with Crippen LogP contribution in [0.5, 0.6) is 5.75 Å². The molecule has 0 spiro atoms. The Kier molecular flexibility index (Phi) is 5.23. The van der Waals surface area contributed by atoms with Crippen molar-refractivity contribution in [3.05, 3.63) is 29.8 Å². The van der Waals surface area contributed by atoms with Gasteiger partial charge in [0.1, 0.15) is 11.9 Å². The van der Waals surface area contributed by atoms with Crippen molar-refractivity contribution in [2.24, 2.45) is 5.73 Å². The third-order valence-electron chi connectivity index (χ3n) is 3.67. The van der Waals surface area contributed by atoms with Crippen LogP contribution in [0.15, 0.2) is 24.3 Å². The van der Waals surface area contributed by atoms with E-state index >= 15 is 0 Å². The van der Waals surface area contributed by atoms with Crippen molar-refractivity contribution in [2.45, 2.75) is 57.3 Å². The minimum absolute atomic E-state index is 0.183. The minimum Gasteiger partial charge on any atom is -0.490 e. The van der Waals surface area contributed by atoms with Gasteiger partial charge in [-0.15, -0.1) is 0 Å². The van der Waals surface area contributed by atoms with Gasteiger partial charge in [-0.2, -0.15) is 0 Å². The lowest BCUT2D eigenvalue weighted by Gasteiger charge is -2.28. The van der Waals surface area contributed by atoms with Crippen LogP contribution < -0.4 is 10.5 Å². The van der Waals surface area contributed by atoms with E-state index < -0.39 is 0 Å². The van der Waals surface area contributed by atoms with E-state index in [1.807, 2.05) is 19.1 Å². The number of rotatable bonds is 5. The first-order valence-corrected chi connectivity index (χ1v) is 7.21. The molecule has 1 aromatic rings. The fourth-order valence-electron chi connectivity index (χ4n) is 2.73. The van der Waals surface area contributed by atoms with Crippen molar-refractivity contribution in [1.29, 1.82) is 0 Å². The van der Waals surface area contributed by atoms with E-state index in [-0.39, 0.29) is 12.1 Å². The highest BCUT2D eigenvalue weighted by molar-refractivity contribution is 5.29. The van der Waals surface area contributed by atoms with Crippen LogP contribution in [0.4, 0.5) is 0 Å². The molecule has 106 valence electrons. The quantitative estimate of drug-likeness (QED) is 0.888. The zero-order chi connectivity index (χ0) is 13.7. The summed E-state index contributed by atoms with van der Waals surface area (Å²) in [6.07, 6.45) is 5.98. The van der Waals surface area contributed by atoms with Crippen LogP contribution in [0.2, 0.25) is 0 Å². The summed E-state index contributed by atoms with van der Waals surface area (Å²) in [6, 6.07) is 8.47. The molecule has 2 N–H and O–H groups in total. The summed E-state index contributed by atoms with van der Waals surface area (Å²) in [5.41, 5.74) is 7.08. The molecule has 1 aliphatic carbocycles. The molecule has 0 bridgehead atoms. The maximum Gasteiger partial charge on any atom is 0.119 e. The molecule has 0 amide bonds. The Morgan fingerprint density at radius 1 is 1.32 bits per heavy atom. The van der Waals surface area contributed by atoms with Crippen molar-refractivity contribution in [1.82, 2.24) is 0 Å². The highest BCUT2D eigenvalue weighted by Gasteiger charge is 2.23. The van der Waals surface area contributed by atoms with Crippen LogP contribution in [0, 0.1) is 0 Å². The van der Waals surface area contributed by atoms with Gasteiger partial charge in [-0.05, 0) is 50.3 Å². The first-order chi connectivity index (χ1) is 9.17. The van der Waals surface area contributed by atoms with E-state index in [0.717, 1.165) is 31.4 Å². The SMILES string of the molecule is COC1CCCC(Oc2cccc(CC(C)N)c2)C1. The van der Waals surface area contributed by atoms with E-state index in [2.05, 4.69) is 12.1 Å². The summed E-state index contributed by atoms with van der Waals surface area (Å²) in [7, 11) is 1.79. The Morgan fingerprint density at radius 3 is 2.84 bits per heavy atom. The van der Waals surface area contributed by atoms with E-state index in [4.69, 9.17) is 15.2 Å². The molecule has 1 fully saturated rings. The first kappa shape index (κ1) is 14.4. The van der Waals surface area contributed by atoms with Gasteiger partial charge in [0, 0.05) is 19.6 Å². The number of methoxy groups -OCH3 is 1. The lowest BCUT2D eigenvalue weighted by atomic mass is 9.95. The second-order valence-electron chi connectivity index (χ2n) is 5.59. The average molecular weight is 263 g/mol. The molecule has 0 aromatic heterocycles. The maximum atomic E-state index is 6.09. The van der Waals surface area contributed by atoms with Gasteiger partial charge in [-0.25, -0.2) is 0 Å². The Morgan fingerprint density at radius 2 is 2.11 bits per heavy atom. The molecule has 0 saturated heterocycles. The summed E-state index contributed by atoms with van der Waals surface area (Å²) >= 11 is 0. The van der Waals surface area contributed by atoms with Gasteiger partial charge in [0.15, 0.2) is 0 Å². The molecule has 2 rings (SSSR count). The zero-order valence-corrected chi connectivity index (χ0v) is 12.0.